The monoisotopic (exact) mass is 340 g/mol. The molecule has 0 unspecified atom stereocenters. The zero-order valence-electron chi connectivity index (χ0n) is 13.2. The van der Waals surface area contributed by atoms with Crippen molar-refractivity contribution in [3.63, 3.8) is 0 Å². The van der Waals surface area contributed by atoms with E-state index >= 15 is 0 Å². The number of benzene rings is 2. The van der Waals surface area contributed by atoms with Crippen molar-refractivity contribution >= 4 is 23.1 Å². The van der Waals surface area contributed by atoms with Gasteiger partial charge in [-0.15, -0.1) is 0 Å². The number of halogens is 1. The molecular formula is C20H17ClO3. The van der Waals surface area contributed by atoms with Crippen LogP contribution in [0.2, 0.25) is 5.02 Å². The molecule has 2 aromatic carbocycles. The molecule has 0 radical (unpaired) electrons. The summed E-state index contributed by atoms with van der Waals surface area (Å²) in [6, 6.07) is 15.1. The lowest BCUT2D eigenvalue weighted by Gasteiger charge is -2.09. The standard InChI is InChI=1S/C20H17ClO3/c1-3-19(22)17(20(23)24)11-13(2)15-9-10-16(18(21)12-15)14-7-5-4-6-8-14/h3-12,22H,2H2,1H3,(H,23,24)/b17-11+,19-3+. The minimum Gasteiger partial charge on any atom is -0.507 e. The van der Waals surface area contributed by atoms with E-state index in [0.29, 0.717) is 16.2 Å². The third kappa shape index (κ3) is 3.94. The Kier molecular flexibility index (Phi) is 5.61. The predicted octanol–water partition coefficient (Wildman–Crippen LogP) is 5.49. The molecule has 3 nitrogen and oxygen atoms in total. The zero-order chi connectivity index (χ0) is 17.7. The van der Waals surface area contributed by atoms with Crippen LogP contribution in [0.15, 0.2) is 78.6 Å². The summed E-state index contributed by atoms with van der Waals surface area (Å²) in [5, 5.41) is 19.4. The van der Waals surface area contributed by atoms with Crippen LogP contribution in [0.5, 0.6) is 0 Å². The van der Waals surface area contributed by atoms with Gasteiger partial charge in [-0.25, -0.2) is 4.79 Å². The van der Waals surface area contributed by atoms with Gasteiger partial charge in [0.15, 0.2) is 0 Å². The minimum absolute atomic E-state index is 0.217. The van der Waals surface area contributed by atoms with Gasteiger partial charge in [0.05, 0.1) is 0 Å². The summed E-state index contributed by atoms with van der Waals surface area (Å²) in [7, 11) is 0. The van der Waals surface area contributed by atoms with Crippen LogP contribution in [-0.4, -0.2) is 16.2 Å². The third-order valence-electron chi connectivity index (χ3n) is 3.52. The largest absolute Gasteiger partial charge is 0.507 e. The average Bonchev–Trinajstić information content (AvgIpc) is 2.59. The van der Waals surface area contributed by atoms with E-state index in [0.717, 1.165) is 11.1 Å². The topological polar surface area (TPSA) is 57.5 Å². The van der Waals surface area contributed by atoms with Crippen molar-refractivity contribution in [1.82, 2.24) is 0 Å². The highest BCUT2D eigenvalue weighted by molar-refractivity contribution is 6.33. The van der Waals surface area contributed by atoms with E-state index in [-0.39, 0.29) is 11.3 Å². The minimum atomic E-state index is -1.22. The maximum atomic E-state index is 11.2. The smallest absolute Gasteiger partial charge is 0.339 e. The van der Waals surface area contributed by atoms with Gasteiger partial charge in [-0.2, -0.15) is 0 Å². The molecule has 0 aromatic heterocycles. The summed E-state index contributed by atoms with van der Waals surface area (Å²) in [6.07, 6.45) is 2.64. The second-order valence-electron chi connectivity index (χ2n) is 5.12. The Morgan fingerprint density at radius 3 is 2.33 bits per heavy atom. The number of carboxylic acids is 1. The molecule has 0 atom stereocenters. The number of allylic oxidation sites excluding steroid dienone is 3. The molecule has 0 amide bonds. The molecule has 0 aliphatic carbocycles. The fraction of sp³-hybridized carbons (Fsp3) is 0.0500. The number of aliphatic carboxylic acids is 1. The van der Waals surface area contributed by atoms with Crippen molar-refractivity contribution < 1.29 is 15.0 Å². The third-order valence-corrected chi connectivity index (χ3v) is 3.84. The van der Waals surface area contributed by atoms with Crippen LogP contribution in [0.4, 0.5) is 0 Å². The van der Waals surface area contributed by atoms with Crippen molar-refractivity contribution in [2.45, 2.75) is 6.92 Å². The van der Waals surface area contributed by atoms with Gasteiger partial charge in [-0.3, -0.25) is 0 Å². The summed E-state index contributed by atoms with van der Waals surface area (Å²) in [4.78, 5) is 11.2. The van der Waals surface area contributed by atoms with Crippen LogP contribution >= 0.6 is 11.6 Å². The number of aliphatic hydroxyl groups excluding tert-OH is 1. The quantitative estimate of drug-likeness (QED) is 0.429. The number of aliphatic hydroxyl groups is 1. The summed E-state index contributed by atoms with van der Waals surface area (Å²) >= 11 is 6.36. The lowest BCUT2D eigenvalue weighted by molar-refractivity contribution is -0.132. The van der Waals surface area contributed by atoms with Gasteiger partial charge in [0.25, 0.3) is 0 Å². The van der Waals surface area contributed by atoms with Crippen LogP contribution < -0.4 is 0 Å². The molecule has 0 saturated carbocycles. The Balaban J connectivity index is 2.38. The molecule has 122 valence electrons. The molecule has 24 heavy (non-hydrogen) atoms. The van der Waals surface area contributed by atoms with Crippen molar-refractivity contribution in [2.24, 2.45) is 0 Å². The van der Waals surface area contributed by atoms with E-state index in [1.54, 1.807) is 13.0 Å². The van der Waals surface area contributed by atoms with E-state index in [1.807, 2.05) is 42.5 Å². The Labute approximate surface area is 145 Å². The van der Waals surface area contributed by atoms with Crippen molar-refractivity contribution in [2.75, 3.05) is 0 Å². The van der Waals surface area contributed by atoms with Crippen LogP contribution in [0.25, 0.3) is 16.7 Å². The van der Waals surface area contributed by atoms with E-state index in [1.165, 1.54) is 12.2 Å². The Morgan fingerprint density at radius 2 is 1.79 bits per heavy atom. The first-order valence-corrected chi connectivity index (χ1v) is 7.66. The van der Waals surface area contributed by atoms with Gasteiger partial charge in [-0.05, 0) is 41.8 Å². The summed E-state index contributed by atoms with van der Waals surface area (Å²) in [6.45, 7) is 5.43. The van der Waals surface area contributed by atoms with E-state index in [9.17, 15) is 15.0 Å². The molecule has 2 rings (SSSR count). The summed E-state index contributed by atoms with van der Waals surface area (Å²) < 4.78 is 0. The van der Waals surface area contributed by atoms with Crippen LogP contribution in [0.3, 0.4) is 0 Å². The van der Waals surface area contributed by atoms with Crippen LogP contribution in [0.1, 0.15) is 12.5 Å². The molecule has 0 spiro atoms. The van der Waals surface area contributed by atoms with Gasteiger partial charge in [-0.1, -0.05) is 60.6 Å². The summed E-state index contributed by atoms with van der Waals surface area (Å²) in [5.74, 6) is -1.53. The van der Waals surface area contributed by atoms with Crippen LogP contribution in [0, 0.1) is 0 Å². The highest BCUT2D eigenvalue weighted by atomic mass is 35.5. The lowest BCUT2D eigenvalue weighted by atomic mass is 9.99. The van der Waals surface area contributed by atoms with Gasteiger partial charge in [0.1, 0.15) is 11.3 Å². The van der Waals surface area contributed by atoms with Crippen LogP contribution in [-0.2, 0) is 4.79 Å². The Morgan fingerprint density at radius 1 is 1.12 bits per heavy atom. The normalized spacial score (nSPS) is 12.1. The molecule has 0 aliphatic rings. The number of hydrogen-bond donors (Lipinski definition) is 2. The highest BCUT2D eigenvalue weighted by Crippen LogP contribution is 2.31. The molecule has 0 aliphatic heterocycles. The molecule has 4 heteroatoms. The summed E-state index contributed by atoms with van der Waals surface area (Å²) in [5.41, 5.74) is 2.79. The fourth-order valence-electron chi connectivity index (χ4n) is 2.22. The number of carboxylic acid groups (broad SMARTS) is 1. The SMILES string of the molecule is C=C(/C=C(C(=O)O)\C(O)=C/C)c1ccc(-c2ccccc2)c(Cl)c1. The lowest BCUT2D eigenvalue weighted by Crippen LogP contribution is -2.03. The first kappa shape index (κ1) is 17.6. The highest BCUT2D eigenvalue weighted by Gasteiger charge is 2.13. The van der Waals surface area contributed by atoms with Crippen molar-refractivity contribution in [3.8, 4) is 11.1 Å². The number of carbonyl (C=O) groups is 1. The second kappa shape index (κ2) is 7.66. The first-order chi connectivity index (χ1) is 11.4. The van der Waals surface area contributed by atoms with E-state index in [2.05, 4.69) is 6.58 Å². The molecule has 0 heterocycles. The second-order valence-corrected chi connectivity index (χ2v) is 5.53. The molecule has 2 N–H and O–H groups in total. The fourth-order valence-corrected chi connectivity index (χ4v) is 2.51. The average molecular weight is 341 g/mol. The maximum absolute atomic E-state index is 11.2. The molecule has 0 fully saturated rings. The number of hydrogen-bond acceptors (Lipinski definition) is 2. The predicted molar refractivity (Wildman–Crippen MR) is 98.0 cm³/mol. The van der Waals surface area contributed by atoms with Gasteiger partial charge >= 0.3 is 5.97 Å². The molecule has 0 saturated heterocycles. The van der Waals surface area contributed by atoms with Gasteiger partial charge < -0.3 is 10.2 Å². The van der Waals surface area contributed by atoms with Crippen molar-refractivity contribution in [3.05, 3.63) is 89.2 Å². The van der Waals surface area contributed by atoms with Crippen molar-refractivity contribution in [1.29, 1.82) is 0 Å². The van der Waals surface area contributed by atoms with Gasteiger partial charge in [0.2, 0.25) is 0 Å². The first-order valence-electron chi connectivity index (χ1n) is 7.29. The molecule has 2 aromatic rings. The Hall–Kier alpha value is -2.78. The van der Waals surface area contributed by atoms with E-state index < -0.39 is 5.97 Å². The maximum Gasteiger partial charge on any atom is 0.339 e. The zero-order valence-corrected chi connectivity index (χ0v) is 13.9. The van der Waals surface area contributed by atoms with E-state index in [4.69, 9.17) is 11.6 Å². The molecular weight excluding hydrogens is 324 g/mol. The van der Waals surface area contributed by atoms with Gasteiger partial charge in [0, 0.05) is 10.6 Å². The molecule has 0 bridgehead atoms. The number of rotatable bonds is 5. The Bertz CT molecular complexity index is 833.